The van der Waals surface area contributed by atoms with Gasteiger partial charge in [0.1, 0.15) is 5.82 Å². The van der Waals surface area contributed by atoms with Crippen LogP contribution in [-0.2, 0) is 6.42 Å². The zero-order valence-corrected chi connectivity index (χ0v) is 17.2. The lowest BCUT2D eigenvalue weighted by molar-refractivity contribution is 0.562. The zero-order chi connectivity index (χ0) is 20.7. The predicted molar refractivity (Wildman–Crippen MR) is 113 cm³/mol. The third kappa shape index (κ3) is 3.46. The van der Waals surface area contributed by atoms with Crippen molar-refractivity contribution in [2.24, 2.45) is 5.92 Å². The fourth-order valence-electron chi connectivity index (χ4n) is 4.37. The number of halogens is 1. The Morgan fingerprint density at radius 2 is 1.83 bits per heavy atom. The highest BCUT2D eigenvalue weighted by atomic mass is 19.1. The van der Waals surface area contributed by atoms with Gasteiger partial charge >= 0.3 is 0 Å². The van der Waals surface area contributed by atoms with Crippen molar-refractivity contribution >= 4 is 11.5 Å². The molecule has 0 saturated carbocycles. The monoisotopic (exact) mass is 405 g/mol. The van der Waals surface area contributed by atoms with Crippen LogP contribution in [0, 0.1) is 11.9 Å². The van der Waals surface area contributed by atoms with Crippen LogP contribution >= 0.6 is 0 Å². The molecular weight excluding hydrogens is 381 g/mol. The summed E-state index contributed by atoms with van der Waals surface area (Å²) in [4.78, 5) is 26.3. The first-order chi connectivity index (χ1) is 14.6. The third-order valence-electron chi connectivity index (χ3n) is 6.02. The van der Waals surface area contributed by atoms with Crippen molar-refractivity contribution in [1.29, 1.82) is 0 Å². The van der Waals surface area contributed by atoms with Crippen molar-refractivity contribution in [3.05, 3.63) is 54.0 Å². The molecule has 1 fully saturated rings. The van der Waals surface area contributed by atoms with Crippen LogP contribution in [0.5, 0.6) is 0 Å². The molecule has 7 nitrogen and oxygen atoms in total. The Bertz CT molecular complexity index is 1060. The lowest BCUT2D eigenvalue weighted by atomic mass is 9.99. The highest BCUT2D eigenvalue weighted by Gasteiger charge is 2.28. The Balaban J connectivity index is 1.44. The van der Waals surface area contributed by atoms with Gasteiger partial charge in [0.2, 0.25) is 5.95 Å². The van der Waals surface area contributed by atoms with E-state index in [-0.39, 0.29) is 6.04 Å². The van der Waals surface area contributed by atoms with Gasteiger partial charge < -0.3 is 9.80 Å². The van der Waals surface area contributed by atoms with Crippen molar-refractivity contribution in [2.45, 2.75) is 32.7 Å². The maximum Gasteiger partial charge on any atom is 0.216 e. The van der Waals surface area contributed by atoms with E-state index >= 15 is 0 Å². The SMILES string of the molecule is CC1CCN(c2cc(F)nc(N3CCc4nc(-c5ncccn5)ncc4C3C)c2)C1. The Labute approximate surface area is 175 Å². The van der Waals surface area contributed by atoms with Crippen molar-refractivity contribution in [1.82, 2.24) is 24.9 Å². The molecule has 5 heterocycles. The maximum atomic E-state index is 14.4. The second kappa shape index (κ2) is 7.59. The molecule has 0 aliphatic carbocycles. The van der Waals surface area contributed by atoms with Crippen LogP contribution in [-0.4, -0.2) is 44.6 Å². The number of aromatic nitrogens is 5. The van der Waals surface area contributed by atoms with Gasteiger partial charge in [-0.05, 0) is 25.3 Å². The van der Waals surface area contributed by atoms with Crippen LogP contribution in [0.15, 0.2) is 36.8 Å². The molecule has 0 radical (unpaired) electrons. The fourth-order valence-corrected chi connectivity index (χ4v) is 4.37. The van der Waals surface area contributed by atoms with Gasteiger partial charge in [-0.3, -0.25) is 0 Å². The molecular formula is C22H24FN7. The molecule has 2 atom stereocenters. The second-order valence-corrected chi connectivity index (χ2v) is 8.13. The average molecular weight is 405 g/mol. The number of anilines is 2. The van der Waals surface area contributed by atoms with Gasteiger partial charge in [0.25, 0.3) is 0 Å². The van der Waals surface area contributed by atoms with Gasteiger partial charge in [-0.25, -0.2) is 24.9 Å². The number of fused-ring (bicyclic) bond motifs is 1. The summed E-state index contributed by atoms with van der Waals surface area (Å²) in [5.74, 6) is 1.91. The van der Waals surface area contributed by atoms with E-state index in [0.717, 1.165) is 42.9 Å². The van der Waals surface area contributed by atoms with E-state index in [1.165, 1.54) is 0 Å². The van der Waals surface area contributed by atoms with Gasteiger partial charge in [0.05, 0.1) is 11.7 Å². The minimum Gasteiger partial charge on any atom is -0.371 e. The summed E-state index contributed by atoms with van der Waals surface area (Å²) in [5, 5.41) is 0. The van der Waals surface area contributed by atoms with E-state index in [9.17, 15) is 4.39 Å². The lowest BCUT2D eigenvalue weighted by Crippen LogP contribution is -2.35. The molecule has 3 aromatic rings. The Kier molecular flexibility index (Phi) is 4.77. The standard InChI is InChI=1S/C22H24FN7/c1-14-4-8-29(13-14)16-10-19(23)28-20(11-16)30-9-5-18-17(15(30)2)12-26-22(27-18)21-24-6-3-7-25-21/h3,6-7,10-12,14-15H,4-5,8-9,13H2,1-2H3. The number of pyridine rings is 1. The minimum atomic E-state index is -0.437. The van der Waals surface area contributed by atoms with E-state index in [1.54, 1.807) is 24.5 Å². The van der Waals surface area contributed by atoms with Crippen LogP contribution in [0.25, 0.3) is 11.6 Å². The molecule has 5 rings (SSSR count). The number of rotatable bonds is 3. The van der Waals surface area contributed by atoms with Crippen LogP contribution in [0.4, 0.5) is 15.9 Å². The molecule has 3 aromatic heterocycles. The fraction of sp³-hybridized carbons (Fsp3) is 0.409. The number of nitrogens with zero attached hydrogens (tertiary/aromatic N) is 7. The summed E-state index contributed by atoms with van der Waals surface area (Å²) in [6.45, 7) is 6.95. The zero-order valence-electron chi connectivity index (χ0n) is 17.2. The van der Waals surface area contributed by atoms with Crippen LogP contribution in [0.2, 0.25) is 0 Å². The molecule has 0 N–H and O–H groups in total. The average Bonchev–Trinajstić information content (AvgIpc) is 3.20. The van der Waals surface area contributed by atoms with E-state index < -0.39 is 5.95 Å². The number of hydrogen-bond acceptors (Lipinski definition) is 7. The van der Waals surface area contributed by atoms with E-state index in [0.29, 0.717) is 29.9 Å². The van der Waals surface area contributed by atoms with Gasteiger partial charge in [-0.15, -0.1) is 0 Å². The minimum absolute atomic E-state index is 0.000793. The molecule has 2 aliphatic rings. The van der Waals surface area contributed by atoms with Gasteiger partial charge in [-0.2, -0.15) is 4.39 Å². The van der Waals surface area contributed by atoms with Gasteiger partial charge in [0.15, 0.2) is 11.6 Å². The lowest BCUT2D eigenvalue weighted by Gasteiger charge is -2.36. The van der Waals surface area contributed by atoms with Gasteiger partial charge in [-0.1, -0.05) is 6.92 Å². The summed E-state index contributed by atoms with van der Waals surface area (Å²) in [6, 6.07) is 5.32. The van der Waals surface area contributed by atoms with Crippen molar-refractivity contribution in [2.75, 3.05) is 29.4 Å². The molecule has 1 saturated heterocycles. The molecule has 0 bridgehead atoms. The quantitative estimate of drug-likeness (QED) is 0.618. The number of hydrogen-bond donors (Lipinski definition) is 0. The van der Waals surface area contributed by atoms with Crippen molar-refractivity contribution in [3.63, 3.8) is 0 Å². The highest BCUT2D eigenvalue weighted by Crippen LogP contribution is 2.34. The van der Waals surface area contributed by atoms with Gasteiger partial charge in [0, 0.05) is 68.0 Å². The largest absolute Gasteiger partial charge is 0.371 e. The Morgan fingerprint density at radius 1 is 1.00 bits per heavy atom. The maximum absolute atomic E-state index is 14.4. The first-order valence-corrected chi connectivity index (χ1v) is 10.4. The smallest absolute Gasteiger partial charge is 0.216 e. The Hall–Kier alpha value is -3.16. The summed E-state index contributed by atoms with van der Waals surface area (Å²) in [7, 11) is 0. The van der Waals surface area contributed by atoms with Crippen molar-refractivity contribution in [3.8, 4) is 11.6 Å². The molecule has 2 unspecified atom stereocenters. The van der Waals surface area contributed by atoms with E-state index in [4.69, 9.17) is 4.98 Å². The summed E-state index contributed by atoms with van der Waals surface area (Å²) >= 11 is 0. The highest BCUT2D eigenvalue weighted by molar-refractivity contribution is 5.58. The molecule has 30 heavy (non-hydrogen) atoms. The predicted octanol–water partition coefficient (Wildman–Crippen LogP) is 3.44. The summed E-state index contributed by atoms with van der Waals surface area (Å²) < 4.78 is 14.4. The third-order valence-corrected chi connectivity index (χ3v) is 6.02. The van der Waals surface area contributed by atoms with Crippen LogP contribution in [0.3, 0.4) is 0 Å². The molecule has 0 amide bonds. The molecule has 0 aromatic carbocycles. The van der Waals surface area contributed by atoms with Crippen molar-refractivity contribution < 1.29 is 4.39 Å². The molecule has 2 aliphatic heterocycles. The topological polar surface area (TPSA) is 70.9 Å². The van der Waals surface area contributed by atoms with Crippen LogP contribution < -0.4 is 9.80 Å². The summed E-state index contributed by atoms with van der Waals surface area (Å²) in [5.41, 5.74) is 2.93. The normalized spacial score (nSPS) is 21.0. The first kappa shape index (κ1) is 18.8. The van der Waals surface area contributed by atoms with E-state index in [2.05, 4.69) is 43.6 Å². The molecule has 0 spiro atoms. The molecule has 8 heteroatoms. The first-order valence-electron chi connectivity index (χ1n) is 10.4. The Morgan fingerprint density at radius 3 is 2.60 bits per heavy atom. The second-order valence-electron chi connectivity index (χ2n) is 8.13. The summed E-state index contributed by atoms with van der Waals surface area (Å²) in [6.07, 6.45) is 7.08. The van der Waals surface area contributed by atoms with Crippen LogP contribution in [0.1, 0.15) is 37.6 Å². The van der Waals surface area contributed by atoms with E-state index in [1.807, 2.05) is 12.3 Å². The molecule has 154 valence electrons.